The number of hydrogen-bond acceptors (Lipinski definition) is 3. The molecular formula is C20H28N2O3. The van der Waals surface area contributed by atoms with Gasteiger partial charge in [0, 0.05) is 32.1 Å². The van der Waals surface area contributed by atoms with E-state index in [1.807, 2.05) is 0 Å². The summed E-state index contributed by atoms with van der Waals surface area (Å²) in [6.45, 7) is 3.80. The summed E-state index contributed by atoms with van der Waals surface area (Å²) in [7, 11) is 0. The predicted molar refractivity (Wildman–Crippen MR) is 96.1 cm³/mol. The zero-order chi connectivity index (χ0) is 17.6. The van der Waals surface area contributed by atoms with E-state index in [-0.39, 0.29) is 17.7 Å². The molecule has 1 aromatic rings. The Morgan fingerprint density at radius 3 is 2.48 bits per heavy atom. The second-order valence-corrected chi connectivity index (χ2v) is 7.33. The number of hydrogen-bond donors (Lipinski definition) is 2. The van der Waals surface area contributed by atoms with Gasteiger partial charge in [0.1, 0.15) is 0 Å². The molecule has 0 atom stereocenters. The lowest BCUT2D eigenvalue weighted by Crippen LogP contribution is -2.37. The standard InChI is InChI=1S/C20H28N2O3/c23-19(16-6-8-17(9-7-16)20(24)25)21-11-3-12-22-13-10-15-4-1-2-5-18(15)14-22/h1-2,4-5,16-17H,3,6-14H2,(H,21,23)(H,24,25). The van der Waals surface area contributed by atoms with Crippen LogP contribution in [-0.2, 0) is 22.6 Å². The molecule has 0 spiro atoms. The molecule has 25 heavy (non-hydrogen) atoms. The summed E-state index contributed by atoms with van der Waals surface area (Å²) >= 11 is 0. The second kappa shape index (κ2) is 8.48. The fraction of sp³-hybridized carbons (Fsp3) is 0.600. The fourth-order valence-corrected chi connectivity index (χ4v) is 4.01. The molecule has 1 saturated carbocycles. The Balaban J connectivity index is 1.33. The molecule has 0 unspecified atom stereocenters. The highest BCUT2D eigenvalue weighted by molar-refractivity contribution is 5.79. The molecule has 5 heteroatoms. The molecule has 3 rings (SSSR count). The van der Waals surface area contributed by atoms with Gasteiger partial charge in [0.15, 0.2) is 0 Å². The molecule has 1 heterocycles. The maximum absolute atomic E-state index is 12.2. The van der Waals surface area contributed by atoms with Crippen molar-refractivity contribution >= 4 is 11.9 Å². The number of carbonyl (C=O) groups is 2. The Kier molecular flexibility index (Phi) is 6.08. The fourth-order valence-electron chi connectivity index (χ4n) is 4.01. The van der Waals surface area contributed by atoms with Crippen LogP contribution in [0.4, 0.5) is 0 Å². The van der Waals surface area contributed by atoms with E-state index in [0.29, 0.717) is 32.2 Å². The van der Waals surface area contributed by atoms with E-state index in [9.17, 15) is 9.59 Å². The summed E-state index contributed by atoms with van der Waals surface area (Å²) in [6.07, 6.45) is 4.71. The Morgan fingerprint density at radius 1 is 1.08 bits per heavy atom. The molecule has 0 saturated heterocycles. The van der Waals surface area contributed by atoms with Crippen LogP contribution in [0, 0.1) is 11.8 Å². The van der Waals surface area contributed by atoms with Gasteiger partial charge in [-0.2, -0.15) is 0 Å². The van der Waals surface area contributed by atoms with E-state index < -0.39 is 5.97 Å². The molecule has 0 radical (unpaired) electrons. The van der Waals surface area contributed by atoms with Crippen LogP contribution >= 0.6 is 0 Å². The van der Waals surface area contributed by atoms with E-state index in [1.165, 1.54) is 11.1 Å². The Morgan fingerprint density at radius 2 is 1.76 bits per heavy atom. The van der Waals surface area contributed by atoms with Gasteiger partial charge in [-0.1, -0.05) is 24.3 Å². The Labute approximate surface area is 149 Å². The molecule has 1 amide bonds. The lowest BCUT2D eigenvalue weighted by molar-refractivity contribution is -0.144. The number of nitrogens with zero attached hydrogens (tertiary/aromatic N) is 1. The number of carboxylic acid groups (broad SMARTS) is 1. The van der Waals surface area contributed by atoms with E-state index in [1.54, 1.807) is 0 Å². The van der Waals surface area contributed by atoms with Gasteiger partial charge in [0.05, 0.1) is 5.92 Å². The average molecular weight is 344 g/mol. The van der Waals surface area contributed by atoms with E-state index in [0.717, 1.165) is 32.5 Å². The topological polar surface area (TPSA) is 69.6 Å². The molecule has 0 aromatic heterocycles. The summed E-state index contributed by atoms with van der Waals surface area (Å²) in [5.74, 6) is -0.877. The molecule has 1 aliphatic carbocycles. The van der Waals surface area contributed by atoms with Crippen molar-refractivity contribution < 1.29 is 14.7 Å². The van der Waals surface area contributed by atoms with Crippen LogP contribution in [-0.4, -0.2) is 41.5 Å². The number of rotatable bonds is 6. The SMILES string of the molecule is O=C(O)C1CCC(C(=O)NCCCN2CCc3ccccc3C2)CC1. The van der Waals surface area contributed by atoms with E-state index in [4.69, 9.17) is 5.11 Å². The van der Waals surface area contributed by atoms with Crippen LogP contribution < -0.4 is 5.32 Å². The minimum absolute atomic E-state index is 0.00235. The lowest BCUT2D eigenvalue weighted by Gasteiger charge is -2.29. The van der Waals surface area contributed by atoms with Gasteiger partial charge in [-0.05, 0) is 49.7 Å². The third-order valence-electron chi connectivity index (χ3n) is 5.61. The Hall–Kier alpha value is -1.88. The summed E-state index contributed by atoms with van der Waals surface area (Å²) in [5, 5.41) is 12.1. The molecule has 1 aliphatic heterocycles. The van der Waals surface area contributed by atoms with E-state index >= 15 is 0 Å². The molecule has 2 N–H and O–H groups in total. The van der Waals surface area contributed by atoms with Crippen LogP contribution in [0.3, 0.4) is 0 Å². The first-order valence-corrected chi connectivity index (χ1v) is 9.43. The Bertz CT molecular complexity index is 609. The van der Waals surface area contributed by atoms with Gasteiger partial charge in [-0.15, -0.1) is 0 Å². The number of benzene rings is 1. The van der Waals surface area contributed by atoms with Crippen molar-refractivity contribution in [2.24, 2.45) is 11.8 Å². The second-order valence-electron chi connectivity index (χ2n) is 7.33. The van der Waals surface area contributed by atoms with Gasteiger partial charge in [0.25, 0.3) is 0 Å². The van der Waals surface area contributed by atoms with Crippen molar-refractivity contribution in [1.82, 2.24) is 10.2 Å². The molecular weight excluding hydrogens is 316 g/mol. The highest BCUT2D eigenvalue weighted by Crippen LogP contribution is 2.29. The quantitative estimate of drug-likeness (QED) is 0.778. The van der Waals surface area contributed by atoms with Crippen LogP contribution in [0.15, 0.2) is 24.3 Å². The maximum atomic E-state index is 12.2. The number of nitrogens with one attached hydrogen (secondary N) is 1. The van der Waals surface area contributed by atoms with Crippen LogP contribution in [0.2, 0.25) is 0 Å². The van der Waals surface area contributed by atoms with Crippen molar-refractivity contribution in [3.63, 3.8) is 0 Å². The van der Waals surface area contributed by atoms with Crippen LogP contribution in [0.25, 0.3) is 0 Å². The molecule has 1 aromatic carbocycles. The normalized spacial score (nSPS) is 23.7. The maximum Gasteiger partial charge on any atom is 0.306 e. The largest absolute Gasteiger partial charge is 0.481 e. The minimum Gasteiger partial charge on any atom is -0.481 e. The summed E-state index contributed by atoms with van der Waals surface area (Å²) in [5.41, 5.74) is 2.89. The minimum atomic E-state index is -0.720. The van der Waals surface area contributed by atoms with E-state index in [2.05, 4.69) is 34.5 Å². The monoisotopic (exact) mass is 344 g/mol. The van der Waals surface area contributed by atoms with Gasteiger partial charge in [-0.3, -0.25) is 14.5 Å². The van der Waals surface area contributed by atoms with Crippen molar-refractivity contribution in [1.29, 1.82) is 0 Å². The first-order valence-electron chi connectivity index (χ1n) is 9.43. The first kappa shape index (κ1) is 17.9. The molecule has 5 nitrogen and oxygen atoms in total. The predicted octanol–water partition coefficient (Wildman–Crippen LogP) is 2.44. The summed E-state index contributed by atoms with van der Waals surface area (Å²) < 4.78 is 0. The van der Waals surface area contributed by atoms with Gasteiger partial charge in [0.2, 0.25) is 5.91 Å². The van der Waals surface area contributed by atoms with Gasteiger partial charge < -0.3 is 10.4 Å². The smallest absolute Gasteiger partial charge is 0.306 e. The number of fused-ring (bicyclic) bond motifs is 1. The third kappa shape index (κ3) is 4.82. The third-order valence-corrected chi connectivity index (χ3v) is 5.61. The highest BCUT2D eigenvalue weighted by Gasteiger charge is 2.29. The van der Waals surface area contributed by atoms with Crippen molar-refractivity contribution in [3.8, 4) is 0 Å². The molecule has 0 bridgehead atoms. The van der Waals surface area contributed by atoms with Crippen molar-refractivity contribution in [3.05, 3.63) is 35.4 Å². The van der Waals surface area contributed by atoms with Gasteiger partial charge >= 0.3 is 5.97 Å². The number of aliphatic carboxylic acids is 1. The average Bonchev–Trinajstić information content (AvgIpc) is 2.65. The first-order chi connectivity index (χ1) is 12.1. The van der Waals surface area contributed by atoms with Crippen molar-refractivity contribution in [2.45, 2.75) is 45.1 Å². The summed E-state index contributed by atoms with van der Waals surface area (Å²) in [4.78, 5) is 25.6. The number of amides is 1. The van der Waals surface area contributed by atoms with Crippen LogP contribution in [0.5, 0.6) is 0 Å². The lowest BCUT2D eigenvalue weighted by atomic mass is 9.81. The van der Waals surface area contributed by atoms with Gasteiger partial charge in [-0.25, -0.2) is 0 Å². The zero-order valence-electron chi connectivity index (χ0n) is 14.7. The number of carbonyl (C=O) groups excluding carboxylic acids is 1. The zero-order valence-corrected chi connectivity index (χ0v) is 14.7. The highest BCUT2D eigenvalue weighted by atomic mass is 16.4. The van der Waals surface area contributed by atoms with Crippen LogP contribution in [0.1, 0.15) is 43.2 Å². The molecule has 136 valence electrons. The molecule has 1 fully saturated rings. The number of carboxylic acids is 1. The summed E-state index contributed by atoms with van der Waals surface area (Å²) in [6, 6.07) is 8.62. The van der Waals surface area contributed by atoms with Crippen molar-refractivity contribution in [2.75, 3.05) is 19.6 Å². The molecule has 2 aliphatic rings.